The van der Waals surface area contributed by atoms with E-state index in [9.17, 15) is 22.8 Å². The van der Waals surface area contributed by atoms with E-state index in [4.69, 9.17) is 5.11 Å². The predicted octanol–water partition coefficient (Wildman–Crippen LogP) is 1.70. The van der Waals surface area contributed by atoms with Gasteiger partial charge in [-0.2, -0.15) is 0 Å². The van der Waals surface area contributed by atoms with Gasteiger partial charge in [-0.25, -0.2) is 18.0 Å². The van der Waals surface area contributed by atoms with E-state index >= 15 is 0 Å². The summed E-state index contributed by atoms with van der Waals surface area (Å²) in [4.78, 5) is 21.6. The normalized spacial score (nSPS) is 11.8. The molecule has 0 aliphatic heterocycles. The summed E-state index contributed by atoms with van der Waals surface area (Å²) in [6.07, 6.45) is 0. The number of rotatable bonds is 3. The summed E-state index contributed by atoms with van der Waals surface area (Å²) in [6, 6.07) is -1.58. The van der Waals surface area contributed by atoms with Gasteiger partial charge in [-0.15, -0.1) is 0 Å². The number of halogens is 3. The van der Waals surface area contributed by atoms with E-state index in [1.165, 1.54) is 6.92 Å². The number of carbonyl (C=O) groups is 2. The van der Waals surface area contributed by atoms with Crippen LogP contribution in [-0.2, 0) is 4.79 Å². The number of hydrogen-bond acceptors (Lipinski definition) is 2. The Kier molecular flexibility index (Phi) is 4.13. The maximum atomic E-state index is 13.1. The second-order valence-corrected chi connectivity index (χ2v) is 3.40. The molecular weight excluding hydrogens is 253 g/mol. The fraction of sp³-hybridized carbons (Fsp3) is 0.200. The van der Waals surface area contributed by atoms with Crippen LogP contribution in [0.15, 0.2) is 12.1 Å². The maximum absolute atomic E-state index is 13.1. The van der Waals surface area contributed by atoms with Crippen molar-refractivity contribution in [2.24, 2.45) is 0 Å². The van der Waals surface area contributed by atoms with Crippen LogP contribution in [0.3, 0.4) is 0 Å². The van der Waals surface area contributed by atoms with E-state index in [2.05, 4.69) is 0 Å². The lowest BCUT2D eigenvalue weighted by Gasteiger charge is -2.11. The molecule has 5 nitrogen and oxygen atoms in total. The van der Waals surface area contributed by atoms with Crippen LogP contribution in [0.2, 0.25) is 0 Å². The van der Waals surface area contributed by atoms with Gasteiger partial charge in [0.25, 0.3) is 0 Å². The van der Waals surface area contributed by atoms with Gasteiger partial charge in [-0.3, -0.25) is 4.79 Å². The summed E-state index contributed by atoms with van der Waals surface area (Å²) in [5.41, 5.74) is -0.855. The fourth-order valence-electron chi connectivity index (χ4n) is 1.07. The molecule has 0 aliphatic carbocycles. The lowest BCUT2D eigenvalue weighted by Crippen LogP contribution is -2.41. The average Bonchev–Trinajstić information content (AvgIpc) is 2.23. The molecule has 0 spiro atoms. The van der Waals surface area contributed by atoms with Gasteiger partial charge >= 0.3 is 12.0 Å². The summed E-state index contributed by atoms with van der Waals surface area (Å²) in [5.74, 6) is -5.05. The van der Waals surface area contributed by atoms with Crippen LogP contribution < -0.4 is 10.6 Å². The third-order valence-corrected chi connectivity index (χ3v) is 1.96. The van der Waals surface area contributed by atoms with Crippen LogP contribution in [0.5, 0.6) is 0 Å². The SMILES string of the molecule is C[C@@H](NC(=O)Nc1c(F)cc(F)cc1F)C(=O)O. The zero-order chi connectivity index (χ0) is 13.9. The third-order valence-electron chi connectivity index (χ3n) is 1.96. The summed E-state index contributed by atoms with van der Waals surface area (Å²) in [5, 5.41) is 12.2. The molecule has 0 aliphatic rings. The molecular formula is C10H9F3N2O3. The quantitative estimate of drug-likeness (QED) is 0.775. The van der Waals surface area contributed by atoms with Gasteiger partial charge in [0.05, 0.1) is 0 Å². The maximum Gasteiger partial charge on any atom is 0.325 e. The van der Waals surface area contributed by atoms with E-state index in [1.807, 2.05) is 5.32 Å². The van der Waals surface area contributed by atoms with E-state index < -0.39 is 41.2 Å². The first kappa shape index (κ1) is 13.8. The second-order valence-electron chi connectivity index (χ2n) is 3.40. The first-order valence-electron chi connectivity index (χ1n) is 4.76. The highest BCUT2D eigenvalue weighted by atomic mass is 19.1. The molecule has 0 radical (unpaired) electrons. The van der Waals surface area contributed by atoms with E-state index in [0.29, 0.717) is 12.1 Å². The minimum absolute atomic E-state index is 0.388. The molecule has 0 saturated heterocycles. The Morgan fingerprint density at radius 2 is 1.72 bits per heavy atom. The second kappa shape index (κ2) is 5.39. The van der Waals surface area contributed by atoms with Crippen molar-refractivity contribution in [2.75, 3.05) is 5.32 Å². The third kappa shape index (κ3) is 3.37. The van der Waals surface area contributed by atoms with Crippen LogP contribution in [0, 0.1) is 17.5 Å². The van der Waals surface area contributed by atoms with Gasteiger partial charge in [0.1, 0.15) is 17.5 Å². The number of carboxylic acid groups (broad SMARTS) is 1. The highest BCUT2D eigenvalue weighted by Crippen LogP contribution is 2.19. The molecule has 0 bridgehead atoms. The topological polar surface area (TPSA) is 78.4 Å². The number of urea groups is 1. The Labute approximate surface area is 99.6 Å². The molecule has 1 aromatic carbocycles. The minimum Gasteiger partial charge on any atom is -0.480 e. The van der Waals surface area contributed by atoms with Crippen LogP contribution in [0.1, 0.15) is 6.92 Å². The van der Waals surface area contributed by atoms with Gasteiger partial charge < -0.3 is 15.7 Å². The Bertz CT molecular complexity index is 470. The molecule has 8 heteroatoms. The van der Waals surface area contributed by atoms with Crippen molar-refractivity contribution in [3.8, 4) is 0 Å². The van der Waals surface area contributed by atoms with Gasteiger partial charge in [-0.1, -0.05) is 0 Å². The molecule has 0 saturated carbocycles. The number of aliphatic carboxylic acids is 1. The van der Waals surface area contributed by atoms with Crippen LogP contribution in [-0.4, -0.2) is 23.1 Å². The predicted molar refractivity (Wildman–Crippen MR) is 55.6 cm³/mol. The molecule has 3 N–H and O–H groups in total. The zero-order valence-electron chi connectivity index (χ0n) is 9.13. The van der Waals surface area contributed by atoms with Crippen molar-refractivity contribution in [2.45, 2.75) is 13.0 Å². The van der Waals surface area contributed by atoms with Crippen molar-refractivity contribution in [1.82, 2.24) is 5.32 Å². The first-order valence-corrected chi connectivity index (χ1v) is 4.76. The molecule has 1 atom stereocenters. The molecule has 0 heterocycles. The van der Waals surface area contributed by atoms with Crippen molar-refractivity contribution in [3.05, 3.63) is 29.6 Å². The van der Waals surface area contributed by atoms with E-state index in [1.54, 1.807) is 5.32 Å². The van der Waals surface area contributed by atoms with Gasteiger partial charge in [0.2, 0.25) is 0 Å². The smallest absolute Gasteiger partial charge is 0.325 e. The lowest BCUT2D eigenvalue weighted by molar-refractivity contribution is -0.138. The summed E-state index contributed by atoms with van der Waals surface area (Å²) >= 11 is 0. The number of hydrogen-bond donors (Lipinski definition) is 3. The molecule has 0 unspecified atom stereocenters. The number of carboxylic acids is 1. The molecule has 1 aromatic rings. The van der Waals surface area contributed by atoms with Crippen LogP contribution in [0.4, 0.5) is 23.7 Å². The van der Waals surface area contributed by atoms with E-state index in [-0.39, 0.29) is 0 Å². The Hall–Kier alpha value is -2.25. The number of carbonyl (C=O) groups excluding carboxylic acids is 1. The van der Waals surface area contributed by atoms with Crippen molar-refractivity contribution in [3.63, 3.8) is 0 Å². The fourth-order valence-corrected chi connectivity index (χ4v) is 1.07. The molecule has 18 heavy (non-hydrogen) atoms. The van der Waals surface area contributed by atoms with E-state index in [0.717, 1.165) is 0 Å². The summed E-state index contributed by atoms with van der Waals surface area (Å²) < 4.78 is 38.8. The lowest BCUT2D eigenvalue weighted by atomic mass is 10.3. The minimum atomic E-state index is -1.31. The molecule has 98 valence electrons. The molecule has 2 amide bonds. The summed E-state index contributed by atoms with van der Waals surface area (Å²) in [6.45, 7) is 1.17. The van der Waals surface area contributed by atoms with Gasteiger partial charge in [0, 0.05) is 12.1 Å². The Balaban J connectivity index is 2.80. The number of nitrogens with one attached hydrogen (secondary N) is 2. The zero-order valence-corrected chi connectivity index (χ0v) is 9.13. The Morgan fingerprint density at radius 1 is 1.22 bits per heavy atom. The number of benzene rings is 1. The first-order chi connectivity index (χ1) is 8.31. The molecule has 1 rings (SSSR count). The highest BCUT2D eigenvalue weighted by molar-refractivity contribution is 5.92. The molecule has 0 fully saturated rings. The largest absolute Gasteiger partial charge is 0.480 e. The monoisotopic (exact) mass is 262 g/mol. The van der Waals surface area contributed by atoms with Crippen LogP contribution >= 0.6 is 0 Å². The highest BCUT2D eigenvalue weighted by Gasteiger charge is 2.17. The number of anilines is 1. The standard InChI is InChI=1S/C10H9F3N2O3/c1-4(9(16)17)14-10(18)15-8-6(12)2-5(11)3-7(8)13/h2-4H,1H3,(H,16,17)(H2,14,15,18)/t4-/m1/s1. The average molecular weight is 262 g/mol. The van der Waals surface area contributed by atoms with Crippen molar-refractivity contribution in [1.29, 1.82) is 0 Å². The van der Waals surface area contributed by atoms with Crippen LogP contribution in [0.25, 0.3) is 0 Å². The number of amides is 2. The van der Waals surface area contributed by atoms with Crippen molar-refractivity contribution < 1.29 is 27.9 Å². The molecule has 0 aromatic heterocycles. The van der Waals surface area contributed by atoms with Gasteiger partial charge in [0.15, 0.2) is 11.6 Å². The van der Waals surface area contributed by atoms with Crippen molar-refractivity contribution >= 4 is 17.7 Å². The van der Waals surface area contributed by atoms with Gasteiger partial charge in [-0.05, 0) is 6.92 Å². The Morgan fingerprint density at radius 3 is 2.17 bits per heavy atom. The summed E-state index contributed by atoms with van der Waals surface area (Å²) in [7, 11) is 0.